The van der Waals surface area contributed by atoms with E-state index in [2.05, 4.69) is 24.1 Å². The molecular weight excluding hydrogens is 306 g/mol. The third-order valence-corrected chi connectivity index (χ3v) is 4.96. The predicted octanol–water partition coefficient (Wildman–Crippen LogP) is 1.32. The molecule has 0 radical (unpaired) electrons. The molecule has 0 atom stereocenters. The molecule has 0 bridgehead atoms. The number of aryl methyl sites for hydroxylation is 1. The molecule has 2 fully saturated rings. The Bertz CT molecular complexity index is 578. The van der Waals surface area contributed by atoms with Gasteiger partial charge in [0.25, 0.3) is 5.91 Å². The van der Waals surface area contributed by atoms with E-state index >= 15 is 0 Å². The van der Waals surface area contributed by atoms with Gasteiger partial charge in [0.05, 0.1) is 6.33 Å². The fraction of sp³-hybridized carbons (Fsp3) is 0.706. The van der Waals surface area contributed by atoms with E-state index in [1.807, 2.05) is 15.7 Å². The van der Waals surface area contributed by atoms with E-state index in [9.17, 15) is 9.59 Å². The van der Waals surface area contributed by atoms with Crippen LogP contribution in [0, 0.1) is 5.92 Å². The number of carbonyl (C=O) groups excluding carboxylic acids is 2. The van der Waals surface area contributed by atoms with Crippen molar-refractivity contribution in [1.82, 2.24) is 24.7 Å². The van der Waals surface area contributed by atoms with Gasteiger partial charge < -0.3 is 14.8 Å². The summed E-state index contributed by atoms with van der Waals surface area (Å²) < 4.78 is 1.97. The molecule has 0 unspecified atom stereocenters. The predicted molar refractivity (Wildman–Crippen MR) is 90.3 cm³/mol. The third kappa shape index (κ3) is 3.05. The van der Waals surface area contributed by atoms with E-state index in [1.165, 1.54) is 4.90 Å². The van der Waals surface area contributed by atoms with Gasteiger partial charge in [0, 0.05) is 32.0 Å². The van der Waals surface area contributed by atoms with E-state index in [0.717, 1.165) is 26.1 Å². The summed E-state index contributed by atoms with van der Waals surface area (Å²) in [5.41, 5.74) is -0.623. The van der Waals surface area contributed by atoms with Crippen molar-refractivity contribution in [3.05, 3.63) is 18.7 Å². The first-order valence-corrected chi connectivity index (χ1v) is 8.84. The molecule has 3 amide bonds. The van der Waals surface area contributed by atoms with Crippen LogP contribution in [-0.4, -0.2) is 63.0 Å². The highest BCUT2D eigenvalue weighted by Gasteiger charge is 2.56. The quantitative estimate of drug-likeness (QED) is 0.797. The van der Waals surface area contributed by atoms with Crippen molar-refractivity contribution >= 4 is 11.9 Å². The number of nitrogens with one attached hydrogen (secondary N) is 1. The molecule has 1 N–H and O–H groups in total. The van der Waals surface area contributed by atoms with Gasteiger partial charge in [-0.1, -0.05) is 13.8 Å². The Balaban J connectivity index is 1.72. The summed E-state index contributed by atoms with van der Waals surface area (Å²) in [6.07, 6.45) is 7.56. The zero-order chi connectivity index (χ0) is 17.2. The Hall–Kier alpha value is -1.89. The Kier molecular flexibility index (Phi) is 4.89. The molecule has 132 valence electrons. The molecule has 24 heavy (non-hydrogen) atoms. The number of urea groups is 1. The molecule has 0 aliphatic carbocycles. The molecule has 1 aromatic heterocycles. The zero-order valence-corrected chi connectivity index (χ0v) is 14.6. The van der Waals surface area contributed by atoms with Gasteiger partial charge in [-0.25, -0.2) is 9.78 Å². The minimum Gasteiger partial charge on any atom is -0.337 e. The molecule has 1 spiro atoms. The lowest BCUT2D eigenvalue weighted by Gasteiger charge is -2.39. The van der Waals surface area contributed by atoms with Gasteiger partial charge in [0.2, 0.25) is 0 Å². The highest BCUT2D eigenvalue weighted by molar-refractivity contribution is 6.07. The summed E-state index contributed by atoms with van der Waals surface area (Å²) in [5.74, 6) is 0.347. The standard InChI is InChI=1S/C17H27N5O2/c1-14(2)12-22-16(24)21(10-3-9-20-11-8-19-13-20)15(23)17(22)4-6-18-7-5-17/h8,11,13-14,18H,3-7,9-10,12H2,1-2H3. The van der Waals surface area contributed by atoms with Crippen molar-refractivity contribution in [3.63, 3.8) is 0 Å². The van der Waals surface area contributed by atoms with Gasteiger partial charge in [-0.2, -0.15) is 0 Å². The van der Waals surface area contributed by atoms with Crippen molar-refractivity contribution in [2.24, 2.45) is 5.92 Å². The van der Waals surface area contributed by atoms with Crippen molar-refractivity contribution in [1.29, 1.82) is 0 Å². The van der Waals surface area contributed by atoms with Crippen LogP contribution < -0.4 is 5.32 Å². The molecule has 2 aliphatic rings. The van der Waals surface area contributed by atoms with Crippen LogP contribution in [0.2, 0.25) is 0 Å². The van der Waals surface area contributed by atoms with E-state index in [1.54, 1.807) is 12.5 Å². The fourth-order valence-electron chi connectivity index (χ4n) is 3.75. The second-order valence-corrected chi connectivity index (χ2v) is 7.18. The van der Waals surface area contributed by atoms with Crippen molar-refractivity contribution in [2.75, 3.05) is 26.2 Å². The maximum atomic E-state index is 13.1. The number of nitrogens with zero attached hydrogens (tertiary/aromatic N) is 4. The molecule has 0 aromatic carbocycles. The zero-order valence-electron chi connectivity index (χ0n) is 14.6. The van der Waals surface area contributed by atoms with Crippen LogP contribution in [-0.2, 0) is 11.3 Å². The first kappa shape index (κ1) is 17.0. The molecule has 3 rings (SSSR count). The molecule has 7 nitrogen and oxygen atoms in total. The minimum absolute atomic E-state index is 0.000260. The molecule has 2 saturated heterocycles. The summed E-state index contributed by atoms with van der Waals surface area (Å²) >= 11 is 0. The first-order chi connectivity index (χ1) is 11.5. The maximum Gasteiger partial charge on any atom is 0.327 e. The van der Waals surface area contributed by atoms with Crippen LogP contribution in [0.1, 0.15) is 33.1 Å². The molecule has 2 aliphatic heterocycles. The summed E-state index contributed by atoms with van der Waals surface area (Å²) in [6.45, 7) is 7.63. The van der Waals surface area contributed by atoms with Crippen LogP contribution in [0.4, 0.5) is 4.79 Å². The van der Waals surface area contributed by atoms with Gasteiger partial charge in [0.15, 0.2) is 0 Å². The van der Waals surface area contributed by atoms with Crippen LogP contribution in [0.3, 0.4) is 0 Å². The number of carbonyl (C=O) groups is 2. The summed E-state index contributed by atoms with van der Waals surface area (Å²) in [4.78, 5) is 33.3. The maximum absolute atomic E-state index is 13.1. The normalized spacial score (nSPS) is 20.6. The lowest BCUT2D eigenvalue weighted by atomic mass is 9.86. The summed E-state index contributed by atoms with van der Waals surface area (Å²) in [7, 11) is 0. The number of amides is 3. The number of hydrogen-bond acceptors (Lipinski definition) is 4. The van der Waals surface area contributed by atoms with Gasteiger partial charge in [-0.15, -0.1) is 0 Å². The average Bonchev–Trinajstić information content (AvgIpc) is 3.14. The van der Waals surface area contributed by atoms with Gasteiger partial charge >= 0.3 is 6.03 Å². The second-order valence-electron chi connectivity index (χ2n) is 7.18. The van der Waals surface area contributed by atoms with Gasteiger partial charge in [-0.05, 0) is 38.3 Å². The number of imide groups is 1. The van der Waals surface area contributed by atoms with Crippen molar-refractivity contribution in [2.45, 2.75) is 45.2 Å². The van der Waals surface area contributed by atoms with E-state index in [0.29, 0.717) is 31.8 Å². The minimum atomic E-state index is -0.623. The number of aromatic nitrogens is 2. The van der Waals surface area contributed by atoms with Crippen LogP contribution in [0.5, 0.6) is 0 Å². The van der Waals surface area contributed by atoms with Crippen molar-refractivity contribution < 1.29 is 9.59 Å². The fourth-order valence-corrected chi connectivity index (χ4v) is 3.75. The Morgan fingerprint density at radius 1 is 1.25 bits per heavy atom. The van der Waals surface area contributed by atoms with E-state index in [-0.39, 0.29) is 11.9 Å². The second kappa shape index (κ2) is 6.93. The SMILES string of the molecule is CC(C)CN1C(=O)N(CCCn2ccnc2)C(=O)C12CCNCC2. The summed E-state index contributed by atoms with van der Waals surface area (Å²) in [5, 5.41) is 3.30. The number of piperidine rings is 1. The van der Waals surface area contributed by atoms with Crippen molar-refractivity contribution in [3.8, 4) is 0 Å². The average molecular weight is 333 g/mol. The molecule has 7 heteroatoms. The lowest BCUT2D eigenvalue weighted by molar-refractivity contribution is -0.134. The van der Waals surface area contributed by atoms with E-state index in [4.69, 9.17) is 0 Å². The molecular formula is C17H27N5O2. The number of rotatable bonds is 6. The number of hydrogen-bond donors (Lipinski definition) is 1. The largest absolute Gasteiger partial charge is 0.337 e. The third-order valence-electron chi connectivity index (χ3n) is 4.96. The Morgan fingerprint density at radius 3 is 2.62 bits per heavy atom. The van der Waals surface area contributed by atoms with E-state index < -0.39 is 5.54 Å². The summed E-state index contributed by atoms with van der Waals surface area (Å²) in [6, 6.07) is -0.110. The number of imidazole rings is 1. The van der Waals surface area contributed by atoms with Crippen LogP contribution >= 0.6 is 0 Å². The van der Waals surface area contributed by atoms with Crippen LogP contribution in [0.15, 0.2) is 18.7 Å². The smallest absolute Gasteiger partial charge is 0.327 e. The Morgan fingerprint density at radius 2 is 2.00 bits per heavy atom. The highest BCUT2D eigenvalue weighted by Crippen LogP contribution is 2.36. The molecule has 0 saturated carbocycles. The molecule has 1 aromatic rings. The Labute approximate surface area is 143 Å². The monoisotopic (exact) mass is 333 g/mol. The topological polar surface area (TPSA) is 70.5 Å². The lowest BCUT2D eigenvalue weighted by Crippen LogP contribution is -2.56. The first-order valence-electron chi connectivity index (χ1n) is 8.84. The van der Waals surface area contributed by atoms with Gasteiger partial charge in [-0.3, -0.25) is 9.69 Å². The highest BCUT2D eigenvalue weighted by atomic mass is 16.2. The van der Waals surface area contributed by atoms with Gasteiger partial charge in [0.1, 0.15) is 5.54 Å². The molecule has 3 heterocycles. The van der Waals surface area contributed by atoms with Crippen LogP contribution in [0.25, 0.3) is 0 Å².